The molecule has 17 heavy (non-hydrogen) atoms. The van der Waals surface area contributed by atoms with Crippen molar-refractivity contribution >= 4 is 27.5 Å². The van der Waals surface area contributed by atoms with E-state index < -0.39 is 4.92 Å². The van der Waals surface area contributed by atoms with Gasteiger partial charge >= 0.3 is 0 Å². The molecule has 2 rings (SSSR count). The summed E-state index contributed by atoms with van der Waals surface area (Å²) >= 11 is 3.30. The summed E-state index contributed by atoms with van der Waals surface area (Å²) in [6.07, 6.45) is 0.785. The number of hydrogen-bond acceptors (Lipinski definition) is 3. The van der Waals surface area contributed by atoms with E-state index >= 15 is 0 Å². The van der Waals surface area contributed by atoms with Gasteiger partial charge in [0.15, 0.2) is 0 Å². The normalized spacial score (nSPS) is 19.7. The van der Waals surface area contributed by atoms with Gasteiger partial charge < -0.3 is 4.90 Å². The number of amides is 1. The molecule has 0 saturated carbocycles. The molecule has 0 bridgehead atoms. The molecule has 0 radical (unpaired) electrons. The van der Waals surface area contributed by atoms with Gasteiger partial charge in [-0.2, -0.15) is 0 Å². The first-order valence-corrected chi connectivity index (χ1v) is 6.15. The molecule has 1 aliphatic heterocycles. The minimum absolute atomic E-state index is 0.0523. The zero-order chi connectivity index (χ0) is 12.4. The van der Waals surface area contributed by atoms with Crippen LogP contribution >= 0.6 is 15.9 Å². The van der Waals surface area contributed by atoms with Crippen molar-refractivity contribution in [3.05, 3.63) is 39.9 Å². The van der Waals surface area contributed by atoms with Crippen LogP contribution in [0.15, 0.2) is 24.3 Å². The van der Waals surface area contributed by atoms with E-state index in [1.54, 1.807) is 17.0 Å². The molecule has 1 heterocycles. The second kappa shape index (κ2) is 4.83. The average Bonchev–Trinajstić information content (AvgIpc) is 2.61. The van der Waals surface area contributed by atoms with Gasteiger partial charge in [0.1, 0.15) is 0 Å². The van der Waals surface area contributed by atoms with Crippen LogP contribution < -0.4 is 0 Å². The molecule has 0 N–H and O–H groups in total. The molecule has 5 nitrogen and oxygen atoms in total. The second-order valence-electron chi connectivity index (χ2n) is 3.94. The Labute approximate surface area is 107 Å². The van der Waals surface area contributed by atoms with Gasteiger partial charge in [0.25, 0.3) is 5.69 Å². The van der Waals surface area contributed by atoms with Gasteiger partial charge in [-0.05, 0) is 12.0 Å². The van der Waals surface area contributed by atoms with Crippen molar-refractivity contribution in [3.8, 4) is 0 Å². The summed E-state index contributed by atoms with van der Waals surface area (Å²) in [5, 5.41) is 10.6. The summed E-state index contributed by atoms with van der Waals surface area (Å²) in [6, 6.07) is 6.39. The van der Waals surface area contributed by atoms with Crippen molar-refractivity contribution in [2.24, 2.45) is 0 Å². The molecule has 1 aromatic rings. The highest BCUT2D eigenvalue weighted by Gasteiger charge is 2.29. The zero-order valence-corrected chi connectivity index (χ0v) is 10.6. The minimum atomic E-state index is -0.428. The first kappa shape index (κ1) is 12.0. The number of halogens is 1. The third kappa shape index (κ3) is 2.63. The van der Waals surface area contributed by atoms with Crippen LogP contribution in [0.25, 0.3) is 0 Å². The highest BCUT2D eigenvalue weighted by atomic mass is 79.9. The van der Waals surface area contributed by atoms with Crippen molar-refractivity contribution < 1.29 is 9.72 Å². The zero-order valence-electron chi connectivity index (χ0n) is 9.01. The Bertz CT molecular complexity index is 464. The fourth-order valence-electron chi connectivity index (χ4n) is 1.85. The van der Waals surface area contributed by atoms with Crippen LogP contribution in [-0.4, -0.2) is 27.1 Å². The Morgan fingerprint density at radius 2 is 2.29 bits per heavy atom. The number of likely N-dealkylation sites (tertiary alicyclic amines) is 1. The predicted octanol–water partition coefficient (Wildman–Crippen LogP) is 2.09. The fourth-order valence-corrected chi connectivity index (χ4v) is 2.34. The standard InChI is InChI=1S/C11H11BrN2O3/c12-10-4-5-13(11(10)15)7-8-2-1-3-9(6-8)14(16)17/h1-3,6,10H,4-5,7H2. The molecular weight excluding hydrogens is 288 g/mol. The van der Waals surface area contributed by atoms with E-state index in [0.29, 0.717) is 13.1 Å². The molecule has 1 aliphatic rings. The molecular formula is C11H11BrN2O3. The van der Waals surface area contributed by atoms with Gasteiger partial charge in [-0.3, -0.25) is 14.9 Å². The molecule has 1 amide bonds. The van der Waals surface area contributed by atoms with Gasteiger partial charge in [-0.15, -0.1) is 0 Å². The lowest BCUT2D eigenvalue weighted by molar-refractivity contribution is -0.384. The molecule has 1 saturated heterocycles. The Kier molecular flexibility index (Phi) is 3.42. The van der Waals surface area contributed by atoms with Crippen LogP contribution in [0.1, 0.15) is 12.0 Å². The first-order valence-electron chi connectivity index (χ1n) is 5.24. The number of alkyl halides is 1. The molecule has 0 aromatic heterocycles. The molecule has 90 valence electrons. The summed E-state index contributed by atoms with van der Waals surface area (Å²) in [7, 11) is 0. The SMILES string of the molecule is O=C1C(Br)CCN1Cc1cccc([N+](=O)[O-])c1. The third-order valence-electron chi connectivity index (χ3n) is 2.73. The largest absolute Gasteiger partial charge is 0.337 e. The van der Waals surface area contributed by atoms with E-state index in [9.17, 15) is 14.9 Å². The van der Waals surface area contributed by atoms with E-state index in [-0.39, 0.29) is 16.4 Å². The summed E-state index contributed by atoms with van der Waals surface area (Å²) in [5.41, 5.74) is 0.846. The first-order chi connectivity index (χ1) is 8.08. The van der Waals surface area contributed by atoms with Crippen molar-refractivity contribution in [2.45, 2.75) is 17.8 Å². The van der Waals surface area contributed by atoms with E-state index in [1.165, 1.54) is 12.1 Å². The van der Waals surface area contributed by atoms with Gasteiger partial charge in [-0.1, -0.05) is 28.1 Å². The van der Waals surface area contributed by atoms with Crippen molar-refractivity contribution in [1.29, 1.82) is 0 Å². The minimum Gasteiger partial charge on any atom is -0.337 e. The third-order valence-corrected chi connectivity index (χ3v) is 3.58. The number of carbonyl (C=O) groups excluding carboxylic acids is 1. The highest BCUT2D eigenvalue weighted by Crippen LogP contribution is 2.22. The van der Waals surface area contributed by atoms with Crippen LogP contribution in [-0.2, 0) is 11.3 Å². The van der Waals surface area contributed by atoms with Crippen molar-refractivity contribution in [1.82, 2.24) is 4.90 Å². The number of benzene rings is 1. The van der Waals surface area contributed by atoms with Gasteiger partial charge in [0.2, 0.25) is 5.91 Å². The molecule has 0 aliphatic carbocycles. The summed E-state index contributed by atoms with van der Waals surface area (Å²) in [4.78, 5) is 23.5. The van der Waals surface area contributed by atoms with Gasteiger partial charge in [0.05, 0.1) is 9.75 Å². The van der Waals surface area contributed by atoms with Crippen LogP contribution in [0.2, 0.25) is 0 Å². The Morgan fingerprint density at radius 3 is 2.88 bits per heavy atom. The lowest BCUT2D eigenvalue weighted by Gasteiger charge is -2.15. The number of carbonyl (C=O) groups is 1. The van der Waals surface area contributed by atoms with Gasteiger partial charge in [0, 0.05) is 25.2 Å². The maximum absolute atomic E-state index is 11.7. The number of nitrogens with zero attached hydrogens (tertiary/aromatic N) is 2. The fraction of sp³-hybridized carbons (Fsp3) is 0.364. The summed E-state index contributed by atoms with van der Waals surface area (Å²) in [5.74, 6) is 0.0523. The van der Waals surface area contributed by atoms with E-state index in [4.69, 9.17) is 0 Å². The average molecular weight is 299 g/mol. The van der Waals surface area contributed by atoms with Crippen LogP contribution in [0.4, 0.5) is 5.69 Å². The smallest absolute Gasteiger partial charge is 0.269 e. The topological polar surface area (TPSA) is 63.5 Å². The predicted molar refractivity (Wildman–Crippen MR) is 65.8 cm³/mol. The maximum Gasteiger partial charge on any atom is 0.269 e. The summed E-state index contributed by atoms with van der Waals surface area (Å²) in [6.45, 7) is 1.13. The Hall–Kier alpha value is -1.43. The molecule has 6 heteroatoms. The quantitative estimate of drug-likeness (QED) is 0.488. The second-order valence-corrected chi connectivity index (χ2v) is 5.05. The van der Waals surface area contributed by atoms with Crippen LogP contribution in [0, 0.1) is 10.1 Å². The monoisotopic (exact) mass is 298 g/mol. The molecule has 0 spiro atoms. The lowest BCUT2D eigenvalue weighted by Crippen LogP contribution is -2.26. The molecule has 1 fully saturated rings. The van der Waals surface area contributed by atoms with Crippen molar-refractivity contribution in [3.63, 3.8) is 0 Å². The highest BCUT2D eigenvalue weighted by molar-refractivity contribution is 9.10. The summed E-state index contributed by atoms with van der Waals surface area (Å²) < 4.78 is 0. The number of nitro benzene ring substituents is 1. The van der Waals surface area contributed by atoms with E-state index in [0.717, 1.165) is 12.0 Å². The molecule has 1 atom stereocenters. The maximum atomic E-state index is 11.7. The Balaban J connectivity index is 2.11. The number of nitro groups is 1. The van der Waals surface area contributed by atoms with Crippen LogP contribution in [0.3, 0.4) is 0 Å². The lowest BCUT2D eigenvalue weighted by atomic mass is 10.2. The van der Waals surface area contributed by atoms with E-state index in [2.05, 4.69) is 15.9 Å². The number of non-ortho nitro benzene ring substituents is 1. The Morgan fingerprint density at radius 1 is 1.53 bits per heavy atom. The molecule has 1 unspecified atom stereocenters. The number of rotatable bonds is 3. The molecule has 1 aromatic carbocycles. The van der Waals surface area contributed by atoms with Gasteiger partial charge in [-0.25, -0.2) is 0 Å². The number of hydrogen-bond donors (Lipinski definition) is 0. The van der Waals surface area contributed by atoms with Crippen molar-refractivity contribution in [2.75, 3.05) is 6.54 Å². The van der Waals surface area contributed by atoms with E-state index in [1.807, 2.05) is 0 Å². The van der Waals surface area contributed by atoms with Crippen LogP contribution in [0.5, 0.6) is 0 Å².